The fraction of sp³-hybridized carbons (Fsp3) is 0.941. The predicted molar refractivity (Wildman–Crippen MR) is 190 cm³/mol. The molecule has 0 aromatic heterocycles. The summed E-state index contributed by atoms with van der Waals surface area (Å²) in [6.07, 6.45) is -42.3. The van der Waals surface area contributed by atoms with E-state index in [0.717, 1.165) is 13.8 Å². The molecule has 0 aliphatic carbocycles. The highest BCUT2D eigenvalue weighted by molar-refractivity contribution is 5.73. The molecule has 5 fully saturated rings. The van der Waals surface area contributed by atoms with Crippen LogP contribution in [0.1, 0.15) is 13.8 Å². The van der Waals surface area contributed by atoms with E-state index in [-0.39, 0.29) is 0 Å². The topological polar surface area (TPSA) is 445 Å². The van der Waals surface area contributed by atoms with Gasteiger partial charge in [-0.25, -0.2) is 0 Å². The number of ether oxygens (including phenoxy) is 9. The maximum atomic E-state index is 12.5. The van der Waals surface area contributed by atoms with E-state index in [1.807, 2.05) is 0 Å². The van der Waals surface area contributed by atoms with Crippen molar-refractivity contribution in [2.45, 2.75) is 167 Å². The Kier molecular flexibility index (Phi) is 18.1. The summed E-state index contributed by atoms with van der Waals surface area (Å²) in [4.78, 5) is 24.3. The molecular weight excluding hydrogens is 852 g/mol. The van der Waals surface area contributed by atoms with Crippen molar-refractivity contribution < 1.29 is 129 Å². The van der Waals surface area contributed by atoms with Gasteiger partial charge in [0.2, 0.25) is 11.8 Å². The molecule has 0 aromatic carbocycles. The Morgan fingerprint density at radius 1 is 0.387 bits per heavy atom. The van der Waals surface area contributed by atoms with Gasteiger partial charge < -0.3 is 130 Å². The summed E-state index contributed by atoms with van der Waals surface area (Å²) in [5, 5.41) is 163. The number of aliphatic hydroxyl groups excluding tert-OH is 15. The molecule has 25 atom stereocenters. The van der Waals surface area contributed by atoms with Crippen LogP contribution in [0.15, 0.2) is 0 Å². The first-order valence-electron chi connectivity index (χ1n) is 19.6. The van der Waals surface area contributed by atoms with E-state index in [0.29, 0.717) is 0 Å². The number of nitrogens with one attached hydrogen (secondary N) is 2. The Labute approximate surface area is 351 Å². The van der Waals surface area contributed by atoms with E-state index >= 15 is 0 Å². The van der Waals surface area contributed by atoms with Gasteiger partial charge in [-0.2, -0.15) is 0 Å². The molecule has 17 N–H and O–H groups in total. The number of carbonyl (C=O) groups excluding carboxylic acids is 2. The standard InChI is InChI=1S/C34H58N2O26/c1-8(42)35-15-20(47)26(60-34-29(22(49)18(45)11(4-38)56-34)62-32-24(51)21(48)17(44)10(3-37)55-32)13(6-40)57-31(15)59-27-14(7-41)58-33(25(52)23(27)50)61-28-16(36-9(2)43)30(53)54-12(5-39)19(28)46/h10-34,37-41,44-53H,3-7H2,1-2H3,(H,35,42)(H,36,43)/t10-,11-,12-,13-,14-,15-,16-,17-,18+,19-,20-,21+,22+,23-,24-,25-,26-,27-,28-,29-,30-,31-,32-,33+,34+/m1/s1. The summed E-state index contributed by atoms with van der Waals surface area (Å²) in [6.45, 7) is -2.50. The Morgan fingerprint density at radius 3 is 1.29 bits per heavy atom. The molecule has 0 unspecified atom stereocenters. The van der Waals surface area contributed by atoms with Crippen LogP contribution in [0.25, 0.3) is 0 Å². The molecule has 5 heterocycles. The molecular formula is C34H58N2O26. The third kappa shape index (κ3) is 10.8. The van der Waals surface area contributed by atoms with Crippen LogP contribution in [0.5, 0.6) is 0 Å². The highest BCUT2D eigenvalue weighted by Crippen LogP contribution is 2.36. The van der Waals surface area contributed by atoms with E-state index in [1.54, 1.807) is 0 Å². The van der Waals surface area contributed by atoms with E-state index in [9.17, 15) is 86.2 Å². The highest BCUT2D eigenvalue weighted by atomic mass is 16.8. The zero-order valence-corrected chi connectivity index (χ0v) is 33.2. The van der Waals surface area contributed by atoms with Crippen LogP contribution >= 0.6 is 0 Å². The van der Waals surface area contributed by atoms with Gasteiger partial charge in [-0.3, -0.25) is 9.59 Å². The van der Waals surface area contributed by atoms with Gasteiger partial charge in [0.1, 0.15) is 122 Å². The van der Waals surface area contributed by atoms with Crippen molar-refractivity contribution in [1.82, 2.24) is 10.6 Å². The van der Waals surface area contributed by atoms with Crippen LogP contribution in [0.3, 0.4) is 0 Å². The second-order valence-corrected chi connectivity index (χ2v) is 15.4. The highest BCUT2D eigenvalue weighted by Gasteiger charge is 2.57. The summed E-state index contributed by atoms with van der Waals surface area (Å²) in [7, 11) is 0. The van der Waals surface area contributed by atoms with Gasteiger partial charge in [-0.05, 0) is 0 Å². The van der Waals surface area contributed by atoms with Gasteiger partial charge in [-0.1, -0.05) is 0 Å². The molecule has 5 aliphatic heterocycles. The smallest absolute Gasteiger partial charge is 0.217 e. The SMILES string of the molecule is CC(=O)N[C@@H]1[C@@H](O[C@@H]2O[C@H](CO)[C@@H](O[C@H]3O[C@H](CO)[C@@H](O[C@@H]4O[C@H](CO)[C@H](O)[C@H](O)[C@H]4O[C@H]4O[C@H](CO)[C@@H](O)[C@H](O)[C@H]4O)[C@H](O)[C@H]3NC(C)=O)[C@H](O)[C@H]2O)[C@H](O)[C@@H](CO)O[C@H]1O. The number of hydrogen-bond donors (Lipinski definition) is 17. The Hall–Kier alpha value is -2.02. The minimum absolute atomic E-state index is 0.705. The van der Waals surface area contributed by atoms with E-state index in [4.69, 9.17) is 42.6 Å². The zero-order chi connectivity index (χ0) is 45.9. The average Bonchev–Trinajstić information content (AvgIpc) is 3.23. The molecule has 360 valence electrons. The first kappa shape index (κ1) is 51.0. The normalized spacial score (nSPS) is 49.0. The molecule has 5 aliphatic rings. The van der Waals surface area contributed by atoms with E-state index in [1.165, 1.54) is 0 Å². The number of aliphatic hydroxyl groups is 15. The summed E-state index contributed by atoms with van der Waals surface area (Å²) in [5.74, 6) is -1.52. The second kappa shape index (κ2) is 22.0. The Bertz CT molecular complexity index is 1440. The third-order valence-electron chi connectivity index (χ3n) is 11.1. The summed E-state index contributed by atoms with van der Waals surface area (Å²) in [5.41, 5.74) is 0. The van der Waals surface area contributed by atoms with Crippen LogP contribution in [0, 0.1) is 0 Å². The molecule has 2 amide bonds. The number of carbonyl (C=O) groups is 2. The molecule has 0 spiro atoms. The fourth-order valence-electron chi connectivity index (χ4n) is 7.82. The van der Waals surface area contributed by atoms with Gasteiger partial charge >= 0.3 is 0 Å². The van der Waals surface area contributed by atoms with Crippen molar-refractivity contribution >= 4 is 11.8 Å². The minimum atomic E-state index is -2.11. The van der Waals surface area contributed by atoms with Crippen molar-refractivity contribution in [2.75, 3.05) is 33.0 Å². The van der Waals surface area contributed by atoms with Crippen LogP contribution in [-0.4, -0.2) is 275 Å². The van der Waals surface area contributed by atoms with Crippen LogP contribution in [0.2, 0.25) is 0 Å². The molecule has 0 bridgehead atoms. The Morgan fingerprint density at radius 2 is 0.758 bits per heavy atom. The van der Waals surface area contributed by atoms with Crippen molar-refractivity contribution in [2.24, 2.45) is 0 Å². The van der Waals surface area contributed by atoms with Crippen molar-refractivity contribution in [3.63, 3.8) is 0 Å². The van der Waals surface area contributed by atoms with E-state index in [2.05, 4.69) is 10.6 Å². The van der Waals surface area contributed by atoms with Crippen molar-refractivity contribution in [1.29, 1.82) is 0 Å². The summed E-state index contributed by atoms with van der Waals surface area (Å²) >= 11 is 0. The lowest BCUT2D eigenvalue weighted by Crippen LogP contribution is -2.70. The molecule has 62 heavy (non-hydrogen) atoms. The van der Waals surface area contributed by atoms with E-state index < -0.39 is 198 Å². The molecule has 5 rings (SSSR count). The maximum Gasteiger partial charge on any atom is 0.217 e. The lowest BCUT2D eigenvalue weighted by atomic mass is 9.94. The molecule has 28 nitrogen and oxygen atoms in total. The van der Waals surface area contributed by atoms with Gasteiger partial charge in [0, 0.05) is 13.8 Å². The molecule has 5 saturated heterocycles. The van der Waals surface area contributed by atoms with Gasteiger partial charge in [0.05, 0.1) is 33.0 Å². The maximum absolute atomic E-state index is 12.5. The molecule has 0 radical (unpaired) electrons. The van der Waals surface area contributed by atoms with Gasteiger partial charge in [0.15, 0.2) is 31.5 Å². The van der Waals surface area contributed by atoms with Crippen LogP contribution in [0.4, 0.5) is 0 Å². The molecule has 28 heteroatoms. The molecule has 0 aromatic rings. The largest absolute Gasteiger partial charge is 0.394 e. The first-order chi connectivity index (χ1) is 29.3. The monoisotopic (exact) mass is 910 g/mol. The molecule has 0 saturated carbocycles. The van der Waals surface area contributed by atoms with Crippen molar-refractivity contribution in [3.8, 4) is 0 Å². The minimum Gasteiger partial charge on any atom is -0.394 e. The number of hydrogen-bond acceptors (Lipinski definition) is 26. The Balaban J connectivity index is 1.36. The number of amides is 2. The van der Waals surface area contributed by atoms with Gasteiger partial charge in [0.25, 0.3) is 0 Å². The average molecular weight is 911 g/mol. The summed E-state index contributed by atoms with van der Waals surface area (Å²) < 4.78 is 50.9. The van der Waals surface area contributed by atoms with Gasteiger partial charge in [-0.15, -0.1) is 0 Å². The van der Waals surface area contributed by atoms with Crippen LogP contribution < -0.4 is 10.6 Å². The predicted octanol–water partition coefficient (Wildman–Crippen LogP) is -11.6. The fourth-order valence-corrected chi connectivity index (χ4v) is 7.82. The number of rotatable bonds is 15. The lowest BCUT2D eigenvalue weighted by Gasteiger charge is -2.50. The van der Waals surface area contributed by atoms with Crippen molar-refractivity contribution in [3.05, 3.63) is 0 Å². The third-order valence-corrected chi connectivity index (χ3v) is 11.1. The quantitative estimate of drug-likeness (QED) is 0.0725. The summed E-state index contributed by atoms with van der Waals surface area (Å²) in [6, 6.07) is -3.22. The first-order valence-corrected chi connectivity index (χ1v) is 19.6. The lowest BCUT2D eigenvalue weighted by molar-refractivity contribution is -0.390. The van der Waals surface area contributed by atoms with Crippen LogP contribution in [-0.2, 0) is 52.2 Å². The zero-order valence-electron chi connectivity index (χ0n) is 33.2. The second-order valence-electron chi connectivity index (χ2n) is 15.4.